The molecule has 0 bridgehead atoms. The van der Waals surface area contributed by atoms with E-state index in [1.165, 1.54) is 4.88 Å². The summed E-state index contributed by atoms with van der Waals surface area (Å²) in [6.07, 6.45) is 4.45. The standard InChI is InChI=1S/C17H16N2OS2/c20-17(15-6-10-21-13-15)19(8-5-16-4-2-9-22-16)12-14-3-1-7-18-11-14/h1-4,6-7,9-11,13H,5,8,12H2. The van der Waals surface area contributed by atoms with Gasteiger partial charge < -0.3 is 4.90 Å². The van der Waals surface area contributed by atoms with Crippen molar-refractivity contribution < 1.29 is 4.79 Å². The molecule has 3 aromatic heterocycles. The number of carbonyl (C=O) groups is 1. The van der Waals surface area contributed by atoms with Crippen LogP contribution in [-0.2, 0) is 13.0 Å². The van der Waals surface area contributed by atoms with Gasteiger partial charge in [0.15, 0.2) is 0 Å². The first-order valence-corrected chi connectivity index (χ1v) is 8.88. The molecule has 3 aromatic rings. The largest absolute Gasteiger partial charge is 0.334 e. The van der Waals surface area contributed by atoms with Crippen LogP contribution in [0.25, 0.3) is 0 Å². The molecular formula is C17H16N2OS2. The van der Waals surface area contributed by atoms with E-state index >= 15 is 0 Å². The average molecular weight is 328 g/mol. The summed E-state index contributed by atoms with van der Waals surface area (Å²) in [7, 11) is 0. The molecule has 0 saturated heterocycles. The van der Waals surface area contributed by atoms with Gasteiger partial charge >= 0.3 is 0 Å². The molecule has 5 heteroatoms. The first-order valence-electron chi connectivity index (χ1n) is 7.05. The maximum atomic E-state index is 12.7. The van der Waals surface area contributed by atoms with Gasteiger partial charge in [-0.15, -0.1) is 11.3 Å². The second-order valence-electron chi connectivity index (χ2n) is 4.93. The Morgan fingerprint density at radius 1 is 1.18 bits per heavy atom. The van der Waals surface area contributed by atoms with Crippen LogP contribution in [0.2, 0.25) is 0 Å². The first-order chi connectivity index (χ1) is 10.8. The Labute approximate surface area is 137 Å². The number of hydrogen-bond acceptors (Lipinski definition) is 4. The Hall–Kier alpha value is -1.98. The maximum absolute atomic E-state index is 12.7. The summed E-state index contributed by atoms with van der Waals surface area (Å²) in [4.78, 5) is 20.0. The number of thiophene rings is 2. The molecule has 0 N–H and O–H groups in total. The highest BCUT2D eigenvalue weighted by Crippen LogP contribution is 2.15. The molecule has 0 fully saturated rings. The Kier molecular flexibility index (Phi) is 4.98. The van der Waals surface area contributed by atoms with E-state index in [2.05, 4.69) is 16.4 Å². The van der Waals surface area contributed by atoms with E-state index in [9.17, 15) is 4.79 Å². The summed E-state index contributed by atoms with van der Waals surface area (Å²) in [6, 6.07) is 9.95. The fourth-order valence-corrected chi connectivity index (χ4v) is 3.56. The summed E-state index contributed by atoms with van der Waals surface area (Å²) >= 11 is 3.28. The lowest BCUT2D eigenvalue weighted by Crippen LogP contribution is -2.32. The van der Waals surface area contributed by atoms with Crippen molar-refractivity contribution in [2.45, 2.75) is 13.0 Å². The van der Waals surface area contributed by atoms with Crippen LogP contribution in [0.15, 0.2) is 58.9 Å². The third-order valence-corrected chi connectivity index (χ3v) is 4.98. The van der Waals surface area contributed by atoms with Gasteiger partial charge in [0.1, 0.15) is 0 Å². The SMILES string of the molecule is O=C(c1ccsc1)N(CCc1cccs1)Cc1cccnc1. The minimum absolute atomic E-state index is 0.0849. The van der Waals surface area contributed by atoms with E-state index in [0.717, 1.165) is 17.5 Å². The van der Waals surface area contributed by atoms with Gasteiger partial charge in [0.05, 0.1) is 5.56 Å². The van der Waals surface area contributed by atoms with E-state index in [1.807, 2.05) is 46.1 Å². The fourth-order valence-electron chi connectivity index (χ4n) is 2.23. The summed E-state index contributed by atoms with van der Waals surface area (Å²) in [5, 5.41) is 5.92. The Morgan fingerprint density at radius 2 is 2.14 bits per heavy atom. The van der Waals surface area contributed by atoms with Gasteiger partial charge in [-0.2, -0.15) is 11.3 Å². The number of hydrogen-bond donors (Lipinski definition) is 0. The van der Waals surface area contributed by atoms with Crippen molar-refractivity contribution in [1.29, 1.82) is 0 Å². The van der Waals surface area contributed by atoms with Gasteiger partial charge in [-0.1, -0.05) is 12.1 Å². The molecular weight excluding hydrogens is 312 g/mol. The van der Waals surface area contributed by atoms with E-state index in [4.69, 9.17) is 0 Å². The normalized spacial score (nSPS) is 10.5. The van der Waals surface area contributed by atoms with Crippen LogP contribution in [0, 0.1) is 0 Å². The van der Waals surface area contributed by atoms with Crippen molar-refractivity contribution in [3.05, 3.63) is 74.9 Å². The van der Waals surface area contributed by atoms with Crippen molar-refractivity contribution in [2.24, 2.45) is 0 Å². The molecule has 1 amide bonds. The van der Waals surface area contributed by atoms with E-state index < -0.39 is 0 Å². The quantitative estimate of drug-likeness (QED) is 0.683. The number of rotatable bonds is 6. The van der Waals surface area contributed by atoms with Crippen LogP contribution >= 0.6 is 22.7 Å². The molecule has 0 unspecified atom stereocenters. The average Bonchev–Trinajstić information content (AvgIpc) is 3.25. The van der Waals surface area contributed by atoms with Gasteiger partial charge in [0.2, 0.25) is 0 Å². The highest BCUT2D eigenvalue weighted by atomic mass is 32.1. The first kappa shape index (κ1) is 14.9. The zero-order valence-corrected chi connectivity index (χ0v) is 13.6. The van der Waals surface area contributed by atoms with Crippen LogP contribution in [0.1, 0.15) is 20.8 Å². The van der Waals surface area contributed by atoms with Crippen molar-refractivity contribution in [3.8, 4) is 0 Å². The van der Waals surface area contributed by atoms with Crippen LogP contribution in [0.3, 0.4) is 0 Å². The minimum atomic E-state index is 0.0849. The van der Waals surface area contributed by atoms with Crippen LogP contribution in [-0.4, -0.2) is 22.3 Å². The third-order valence-electron chi connectivity index (χ3n) is 3.36. The van der Waals surface area contributed by atoms with Gasteiger partial charge in [0.25, 0.3) is 5.91 Å². The second-order valence-corrected chi connectivity index (χ2v) is 6.74. The summed E-state index contributed by atoms with van der Waals surface area (Å²) in [5.74, 6) is 0.0849. The van der Waals surface area contributed by atoms with Gasteiger partial charge in [-0.3, -0.25) is 9.78 Å². The maximum Gasteiger partial charge on any atom is 0.255 e. The molecule has 0 aliphatic rings. The highest BCUT2D eigenvalue weighted by molar-refractivity contribution is 7.09. The highest BCUT2D eigenvalue weighted by Gasteiger charge is 2.16. The molecule has 0 radical (unpaired) electrons. The van der Waals surface area contributed by atoms with E-state index in [0.29, 0.717) is 13.1 Å². The molecule has 0 aromatic carbocycles. The molecule has 3 heterocycles. The number of carbonyl (C=O) groups excluding carboxylic acids is 1. The van der Waals surface area contributed by atoms with Crippen molar-refractivity contribution in [1.82, 2.24) is 9.88 Å². The number of aromatic nitrogens is 1. The Bertz CT molecular complexity index is 694. The number of pyridine rings is 1. The van der Waals surface area contributed by atoms with Crippen molar-refractivity contribution >= 4 is 28.6 Å². The predicted octanol–water partition coefficient (Wildman–Crippen LogP) is 4.09. The van der Waals surface area contributed by atoms with Gasteiger partial charge in [-0.05, 0) is 40.9 Å². The second kappa shape index (κ2) is 7.33. The lowest BCUT2D eigenvalue weighted by Gasteiger charge is -2.22. The zero-order valence-electron chi connectivity index (χ0n) is 12.0. The molecule has 0 saturated carbocycles. The molecule has 0 aliphatic heterocycles. The van der Waals surface area contributed by atoms with Crippen LogP contribution < -0.4 is 0 Å². The summed E-state index contributed by atoms with van der Waals surface area (Å²) < 4.78 is 0. The number of amides is 1. The van der Waals surface area contributed by atoms with Crippen molar-refractivity contribution in [3.63, 3.8) is 0 Å². The molecule has 3 nitrogen and oxygen atoms in total. The Morgan fingerprint density at radius 3 is 2.82 bits per heavy atom. The number of nitrogens with zero attached hydrogens (tertiary/aromatic N) is 2. The summed E-state index contributed by atoms with van der Waals surface area (Å²) in [5.41, 5.74) is 1.82. The van der Waals surface area contributed by atoms with Crippen LogP contribution in [0.5, 0.6) is 0 Å². The zero-order chi connectivity index (χ0) is 15.2. The third kappa shape index (κ3) is 3.81. The lowest BCUT2D eigenvalue weighted by molar-refractivity contribution is 0.0746. The smallest absolute Gasteiger partial charge is 0.255 e. The fraction of sp³-hybridized carbons (Fsp3) is 0.176. The molecule has 0 aliphatic carbocycles. The molecule has 112 valence electrons. The van der Waals surface area contributed by atoms with E-state index in [-0.39, 0.29) is 5.91 Å². The van der Waals surface area contributed by atoms with E-state index in [1.54, 1.807) is 28.9 Å². The van der Waals surface area contributed by atoms with Gasteiger partial charge in [-0.25, -0.2) is 0 Å². The minimum Gasteiger partial charge on any atom is -0.334 e. The molecule has 0 atom stereocenters. The summed E-state index contributed by atoms with van der Waals surface area (Å²) in [6.45, 7) is 1.30. The van der Waals surface area contributed by atoms with Gasteiger partial charge in [0, 0.05) is 35.7 Å². The lowest BCUT2D eigenvalue weighted by atomic mass is 10.2. The molecule has 3 rings (SSSR count). The monoisotopic (exact) mass is 328 g/mol. The predicted molar refractivity (Wildman–Crippen MR) is 91.3 cm³/mol. The topological polar surface area (TPSA) is 33.2 Å². The Balaban J connectivity index is 1.74. The van der Waals surface area contributed by atoms with Crippen LogP contribution in [0.4, 0.5) is 0 Å². The van der Waals surface area contributed by atoms with Crippen molar-refractivity contribution in [2.75, 3.05) is 6.54 Å². The molecule has 0 spiro atoms. The molecule has 22 heavy (non-hydrogen) atoms.